The molecule has 1 aliphatic carbocycles. The topological polar surface area (TPSA) is 78.0 Å². The van der Waals surface area contributed by atoms with Crippen molar-refractivity contribution in [3.63, 3.8) is 0 Å². The number of aromatic nitrogens is 2. The zero-order valence-electron chi connectivity index (χ0n) is 19.6. The van der Waals surface area contributed by atoms with Crippen LogP contribution in [-0.4, -0.2) is 28.2 Å². The maximum absolute atomic E-state index is 15.6. The second-order valence-electron chi connectivity index (χ2n) is 9.66. The van der Waals surface area contributed by atoms with E-state index >= 15 is 4.39 Å². The highest BCUT2D eigenvalue weighted by Gasteiger charge is 2.59. The van der Waals surface area contributed by atoms with E-state index in [4.69, 9.17) is 45.0 Å². The normalized spacial score (nSPS) is 24.6. The van der Waals surface area contributed by atoms with Crippen molar-refractivity contribution in [3.05, 3.63) is 65.3 Å². The summed E-state index contributed by atoms with van der Waals surface area (Å²) in [5.74, 6) is -0.350. The molecule has 1 aromatic heterocycles. The van der Waals surface area contributed by atoms with E-state index < -0.39 is 25.9 Å². The Morgan fingerprint density at radius 3 is 2.26 bits per heavy atom. The molecule has 0 radical (unpaired) electrons. The highest BCUT2D eigenvalue weighted by Crippen LogP contribution is 2.59. The van der Waals surface area contributed by atoms with Crippen LogP contribution < -0.4 is 5.14 Å². The molecule has 35 heavy (non-hydrogen) atoms. The number of sulfonamides is 1. The quantitative estimate of drug-likeness (QED) is 0.346. The number of primary sulfonamides is 1. The largest absolute Gasteiger partial charge is 0.241 e. The lowest BCUT2D eigenvalue weighted by Crippen LogP contribution is -2.52. The molecule has 4 rings (SSSR count). The summed E-state index contributed by atoms with van der Waals surface area (Å²) in [5, 5.41) is 10.7. The van der Waals surface area contributed by atoms with E-state index in [0.717, 1.165) is 5.56 Å². The third kappa shape index (κ3) is 4.98. The van der Waals surface area contributed by atoms with Gasteiger partial charge in [-0.25, -0.2) is 22.6 Å². The Labute approximate surface area is 220 Å². The van der Waals surface area contributed by atoms with Crippen LogP contribution in [-0.2, 0) is 10.0 Å². The average Bonchev–Trinajstić information content (AvgIpc) is 3.20. The zero-order chi connectivity index (χ0) is 25.8. The molecule has 0 amide bonds. The fraction of sp³-hybridized carbons (Fsp3) is 0.400. The Kier molecular flexibility index (Phi) is 7.05. The van der Waals surface area contributed by atoms with E-state index in [2.05, 4.69) is 13.8 Å². The van der Waals surface area contributed by atoms with Crippen LogP contribution in [0.5, 0.6) is 0 Å². The first kappa shape index (κ1) is 26.4. The smallest absolute Gasteiger partial charge is 0.238 e. The third-order valence-corrected chi connectivity index (χ3v) is 9.35. The summed E-state index contributed by atoms with van der Waals surface area (Å²) in [5.41, 5.74) is 0.894. The zero-order valence-corrected chi connectivity index (χ0v) is 22.6. The molecule has 2 N–H and O–H groups in total. The van der Waals surface area contributed by atoms with Gasteiger partial charge in [0.05, 0.1) is 22.0 Å². The summed E-state index contributed by atoms with van der Waals surface area (Å²) in [4.78, 5) is -0.0115. The molecule has 3 unspecified atom stereocenters. The van der Waals surface area contributed by atoms with E-state index in [1.807, 2.05) is 18.2 Å². The number of benzene rings is 2. The Balaban J connectivity index is 1.91. The molecule has 0 bridgehead atoms. The first-order chi connectivity index (χ1) is 16.2. The van der Waals surface area contributed by atoms with E-state index in [1.54, 1.807) is 28.9 Å². The van der Waals surface area contributed by atoms with Crippen LogP contribution in [0.1, 0.15) is 45.2 Å². The van der Waals surface area contributed by atoms with Crippen molar-refractivity contribution in [1.82, 2.24) is 9.78 Å². The van der Waals surface area contributed by atoms with Gasteiger partial charge in [-0.2, -0.15) is 5.10 Å². The maximum atomic E-state index is 15.6. The van der Waals surface area contributed by atoms with Gasteiger partial charge >= 0.3 is 0 Å². The second-order valence-corrected chi connectivity index (χ2v) is 13.0. The number of nitrogens with two attached hydrogens (primary N) is 1. The molecule has 1 fully saturated rings. The first-order valence-electron chi connectivity index (χ1n) is 11.3. The van der Waals surface area contributed by atoms with Crippen LogP contribution in [0, 0.1) is 11.8 Å². The lowest BCUT2D eigenvalue weighted by Gasteiger charge is -2.48. The number of hydrogen-bond donors (Lipinski definition) is 1. The van der Waals surface area contributed by atoms with Crippen LogP contribution in [0.4, 0.5) is 4.39 Å². The second kappa shape index (κ2) is 9.34. The summed E-state index contributed by atoms with van der Waals surface area (Å²) in [7, 11) is -3.85. The van der Waals surface area contributed by atoms with E-state index in [1.165, 1.54) is 19.1 Å². The van der Waals surface area contributed by atoms with Crippen molar-refractivity contribution in [3.8, 4) is 16.9 Å². The van der Waals surface area contributed by atoms with Crippen LogP contribution in [0.15, 0.2) is 59.5 Å². The Bertz CT molecular complexity index is 1320. The minimum Gasteiger partial charge on any atom is -0.241 e. The van der Waals surface area contributed by atoms with Gasteiger partial charge < -0.3 is 0 Å². The van der Waals surface area contributed by atoms with Gasteiger partial charge in [0.25, 0.3) is 0 Å². The van der Waals surface area contributed by atoms with Gasteiger partial charge in [0.2, 0.25) is 10.0 Å². The number of halogens is 4. The summed E-state index contributed by atoms with van der Waals surface area (Å²) in [6, 6.07) is 15.2. The number of hydrogen-bond acceptors (Lipinski definition) is 3. The van der Waals surface area contributed by atoms with Crippen LogP contribution in [0.2, 0.25) is 5.02 Å². The maximum Gasteiger partial charge on any atom is 0.238 e. The number of alkyl halides is 3. The van der Waals surface area contributed by atoms with E-state index in [-0.39, 0.29) is 23.2 Å². The fourth-order valence-electron chi connectivity index (χ4n) is 4.84. The standard InChI is InChI=1S/C25H27Cl3FN3O2S/c1-15(2)20-12-13-24(3,29)25(27,28)23(20)21-14-22(16-4-6-17(26)7-5-16)32(31-21)18-8-10-19(11-9-18)35(30,33)34/h4-11,14-15,20,23H,12-13H2,1-3H3,(H2,30,33,34). The molecule has 1 heterocycles. The van der Waals surface area contributed by atoms with Gasteiger partial charge in [-0.3, -0.25) is 0 Å². The number of nitrogens with zero attached hydrogens (tertiary/aromatic N) is 2. The van der Waals surface area contributed by atoms with Crippen molar-refractivity contribution in [2.24, 2.45) is 17.0 Å². The summed E-state index contributed by atoms with van der Waals surface area (Å²) < 4.78 is 39.0. The minimum absolute atomic E-state index is 0.0115. The molecular weight excluding hydrogens is 532 g/mol. The van der Waals surface area contributed by atoms with Crippen molar-refractivity contribution < 1.29 is 12.8 Å². The van der Waals surface area contributed by atoms with Crippen LogP contribution in [0.3, 0.4) is 0 Å². The third-order valence-electron chi connectivity index (χ3n) is 6.91. The Morgan fingerprint density at radius 2 is 1.71 bits per heavy atom. The van der Waals surface area contributed by atoms with Gasteiger partial charge in [-0.05, 0) is 74.1 Å². The predicted molar refractivity (Wildman–Crippen MR) is 140 cm³/mol. The number of rotatable bonds is 5. The van der Waals surface area contributed by atoms with Gasteiger partial charge in [-0.1, -0.05) is 60.8 Å². The summed E-state index contributed by atoms with van der Waals surface area (Å²) in [6.45, 7) is 5.59. The molecule has 3 atom stereocenters. The molecular formula is C25H27Cl3FN3O2S. The molecule has 0 saturated heterocycles. The fourth-order valence-corrected chi connectivity index (χ4v) is 6.22. The molecule has 188 valence electrons. The summed E-state index contributed by atoms with van der Waals surface area (Å²) in [6.07, 6.45) is 0.891. The van der Waals surface area contributed by atoms with Crippen molar-refractivity contribution in [2.45, 2.75) is 54.4 Å². The predicted octanol–water partition coefficient (Wildman–Crippen LogP) is 6.89. The molecule has 0 spiro atoms. The minimum atomic E-state index is -3.85. The van der Waals surface area contributed by atoms with Crippen LogP contribution in [0.25, 0.3) is 16.9 Å². The first-order valence-corrected chi connectivity index (χ1v) is 14.0. The molecule has 1 saturated carbocycles. The van der Waals surface area contributed by atoms with Gasteiger partial charge in [0, 0.05) is 16.5 Å². The van der Waals surface area contributed by atoms with Crippen molar-refractivity contribution in [2.75, 3.05) is 0 Å². The van der Waals surface area contributed by atoms with Crippen LogP contribution >= 0.6 is 34.8 Å². The van der Waals surface area contributed by atoms with Crippen molar-refractivity contribution >= 4 is 44.8 Å². The highest BCUT2D eigenvalue weighted by atomic mass is 35.5. The molecule has 1 aliphatic rings. The van der Waals surface area contributed by atoms with Gasteiger partial charge in [-0.15, -0.1) is 0 Å². The van der Waals surface area contributed by atoms with E-state index in [9.17, 15) is 8.42 Å². The molecule has 10 heteroatoms. The average molecular weight is 559 g/mol. The monoisotopic (exact) mass is 557 g/mol. The molecule has 2 aromatic carbocycles. The van der Waals surface area contributed by atoms with Gasteiger partial charge in [0.1, 0.15) is 5.67 Å². The molecule has 3 aromatic rings. The molecule has 5 nitrogen and oxygen atoms in total. The Hall–Kier alpha value is -1.64. The SMILES string of the molecule is CC(C)C1CCC(C)(F)C(Cl)(Cl)C1c1cc(-c2ccc(Cl)cc2)n(-c2ccc(S(N)(=O)=O)cc2)n1. The van der Waals surface area contributed by atoms with Gasteiger partial charge in [0.15, 0.2) is 4.33 Å². The van der Waals surface area contributed by atoms with Crippen molar-refractivity contribution in [1.29, 1.82) is 0 Å². The summed E-state index contributed by atoms with van der Waals surface area (Å²) >= 11 is 19.7. The highest BCUT2D eigenvalue weighted by molar-refractivity contribution is 7.89. The molecule has 0 aliphatic heterocycles. The van der Waals surface area contributed by atoms with E-state index in [0.29, 0.717) is 28.5 Å². The lowest BCUT2D eigenvalue weighted by atomic mass is 9.67. The lowest BCUT2D eigenvalue weighted by molar-refractivity contribution is 0.0565. The Morgan fingerprint density at radius 1 is 1.11 bits per heavy atom.